The summed E-state index contributed by atoms with van der Waals surface area (Å²) in [7, 11) is 4.42. The van der Waals surface area contributed by atoms with Crippen LogP contribution in [0, 0.1) is 5.41 Å². The highest BCUT2D eigenvalue weighted by Crippen LogP contribution is 2.40. The van der Waals surface area contributed by atoms with Gasteiger partial charge < -0.3 is 30.4 Å². The Hall–Kier alpha value is -5.54. The minimum absolute atomic E-state index is 0.0747. The maximum atomic E-state index is 13.2. The number of rotatable bonds is 9. The second kappa shape index (κ2) is 14.7. The summed E-state index contributed by atoms with van der Waals surface area (Å²) in [6, 6.07) is 12.0. The largest absolute Gasteiger partial charge is 0.493 e. The molecular formula is C26H27F3N6O7. The van der Waals surface area contributed by atoms with Gasteiger partial charge in [0, 0.05) is 29.2 Å². The highest BCUT2D eigenvalue weighted by molar-refractivity contribution is 5.97. The predicted octanol–water partition coefficient (Wildman–Crippen LogP) is 2.64. The highest BCUT2D eigenvalue weighted by Gasteiger charge is 2.38. The van der Waals surface area contributed by atoms with Gasteiger partial charge in [0.05, 0.1) is 21.3 Å². The topological polar surface area (TPSA) is 198 Å². The summed E-state index contributed by atoms with van der Waals surface area (Å²) in [6.07, 6.45) is -2.14. The Balaban J connectivity index is 0.000000782. The molecule has 16 heteroatoms. The van der Waals surface area contributed by atoms with Gasteiger partial charge in [-0.2, -0.15) is 13.2 Å². The number of alkyl halides is 3. The molecule has 0 radical (unpaired) electrons. The van der Waals surface area contributed by atoms with Gasteiger partial charge in [0.15, 0.2) is 11.5 Å². The third kappa shape index (κ3) is 9.00. The van der Waals surface area contributed by atoms with Crippen molar-refractivity contribution < 1.29 is 46.9 Å². The number of carbonyl (C=O) groups is 3. The number of anilines is 1. The molecule has 0 aliphatic heterocycles. The van der Waals surface area contributed by atoms with Crippen LogP contribution in [0.4, 0.5) is 18.9 Å². The second-order valence-corrected chi connectivity index (χ2v) is 8.01. The first-order valence-electron chi connectivity index (χ1n) is 11.6. The van der Waals surface area contributed by atoms with Gasteiger partial charge in [-0.15, -0.1) is 0 Å². The Kier molecular flexibility index (Phi) is 11.5. The Labute approximate surface area is 237 Å². The molecule has 1 unspecified atom stereocenters. The van der Waals surface area contributed by atoms with E-state index in [2.05, 4.69) is 21.2 Å². The lowest BCUT2D eigenvalue weighted by molar-refractivity contribution is -0.192. The van der Waals surface area contributed by atoms with E-state index in [9.17, 15) is 22.8 Å². The molecule has 224 valence electrons. The Morgan fingerprint density at radius 2 is 1.43 bits per heavy atom. The number of carboxylic acid groups (broad SMARTS) is 1. The van der Waals surface area contributed by atoms with Crippen molar-refractivity contribution in [2.45, 2.75) is 12.2 Å². The average molecular weight is 593 g/mol. The van der Waals surface area contributed by atoms with Crippen molar-refractivity contribution in [2.24, 2.45) is 5.73 Å². The number of halogens is 3. The molecule has 3 rings (SSSR count). The first kappa shape index (κ1) is 32.7. The van der Waals surface area contributed by atoms with Crippen molar-refractivity contribution in [1.82, 2.24) is 15.8 Å². The van der Waals surface area contributed by atoms with Gasteiger partial charge in [0.25, 0.3) is 11.8 Å². The number of amidine groups is 1. The molecule has 2 aromatic carbocycles. The number of pyridine rings is 1. The van der Waals surface area contributed by atoms with E-state index in [1.54, 1.807) is 36.4 Å². The second-order valence-electron chi connectivity index (χ2n) is 8.01. The molecular weight excluding hydrogens is 565 g/mol. The van der Waals surface area contributed by atoms with Crippen LogP contribution in [-0.4, -0.2) is 61.2 Å². The minimum atomic E-state index is -5.08. The van der Waals surface area contributed by atoms with Gasteiger partial charge in [-0.25, -0.2) is 4.79 Å². The fraction of sp³-hybridized carbons (Fsp3) is 0.192. The molecule has 7 N–H and O–H groups in total. The van der Waals surface area contributed by atoms with Gasteiger partial charge in [-0.3, -0.25) is 30.8 Å². The van der Waals surface area contributed by atoms with E-state index in [4.69, 9.17) is 35.3 Å². The lowest BCUT2D eigenvalue weighted by Gasteiger charge is -2.22. The SMILES string of the molecule is COc1cc(C(Nc2ccc(C(=N)N)cc2)C(=O)NNC(=O)c2ccncc2)cc(OC)c1OC.O=C(O)C(F)(F)F. The van der Waals surface area contributed by atoms with Gasteiger partial charge in [0.2, 0.25) is 5.75 Å². The molecule has 0 aliphatic rings. The van der Waals surface area contributed by atoms with E-state index in [0.29, 0.717) is 39.6 Å². The van der Waals surface area contributed by atoms with Crippen molar-refractivity contribution in [1.29, 1.82) is 5.41 Å². The number of hydrazine groups is 1. The number of aliphatic carboxylic acids is 1. The fourth-order valence-corrected chi connectivity index (χ4v) is 3.25. The third-order valence-corrected chi connectivity index (χ3v) is 5.27. The van der Waals surface area contributed by atoms with Gasteiger partial charge in [0.1, 0.15) is 11.9 Å². The Morgan fingerprint density at radius 3 is 1.86 bits per heavy atom. The summed E-state index contributed by atoms with van der Waals surface area (Å²) < 4.78 is 47.9. The maximum Gasteiger partial charge on any atom is 0.490 e. The number of hydrogen-bond acceptors (Lipinski definition) is 9. The monoisotopic (exact) mass is 592 g/mol. The van der Waals surface area contributed by atoms with Crippen LogP contribution >= 0.6 is 0 Å². The van der Waals surface area contributed by atoms with Crippen molar-refractivity contribution in [3.63, 3.8) is 0 Å². The number of benzene rings is 2. The predicted molar refractivity (Wildman–Crippen MR) is 143 cm³/mol. The molecule has 0 spiro atoms. The molecule has 3 aromatic rings. The molecule has 1 atom stereocenters. The maximum absolute atomic E-state index is 13.2. The summed E-state index contributed by atoms with van der Waals surface area (Å²) >= 11 is 0. The highest BCUT2D eigenvalue weighted by atomic mass is 19.4. The molecule has 1 aromatic heterocycles. The standard InChI is InChI=1S/C24H26N6O5.C2HF3O2/c1-33-18-12-16(13-19(34-2)21(18)35-3)20(28-17-6-4-14(5-7-17)22(25)26)24(32)30-29-23(31)15-8-10-27-11-9-15;3-2(4,5)1(6)7/h4-13,20,28H,1-3H3,(H3,25,26)(H,29,31)(H,30,32);(H,6,7). The van der Waals surface area contributed by atoms with Crippen LogP contribution in [-0.2, 0) is 9.59 Å². The van der Waals surface area contributed by atoms with Crippen LogP contribution in [0.15, 0.2) is 60.9 Å². The van der Waals surface area contributed by atoms with Crippen LogP contribution in [0.3, 0.4) is 0 Å². The van der Waals surface area contributed by atoms with E-state index in [1.807, 2.05) is 0 Å². The summed E-state index contributed by atoms with van der Waals surface area (Å²) in [5.41, 5.74) is 12.3. The average Bonchev–Trinajstić information content (AvgIpc) is 2.98. The zero-order chi connectivity index (χ0) is 31.4. The molecule has 2 amide bonds. The quantitative estimate of drug-likeness (QED) is 0.122. The van der Waals surface area contributed by atoms with E-state index in [0.717, 1.165) is 0 Å². The first-order chi connectivity index (χ1) is 19.8. The summed E-state index contributed by atoms with van der Waals surface area (Å²) in [4.78, 5) is 38.4. The van der Waals surface area contributed by atoms with Crippen molar-refractivity contribution in [2.75, 3.05) is 26.6 Å². The minimum Gasteiger partial charge on any atom is -0.493 e. The van der Waals surface area contributed by atoms with Crippen molar-refractivity contribution in [3.05, 3.63) is 77.6 Å². The number of nitrogen functional groups attached to an aromatic ring is 1. The Bertz CT molecular complexity index is 1380. The molecule has 0 saturated heterocycles. The Morgan fingerprint density at radius 1 is 0.905 bits per heavy atom. The van der Waals surface area contributed by atoms with E-state index in [-0.39, 0.29) is 5.84 Å². The number of hydrogen-bond donors (Lipinski definition) is 6. The number of nitrogens with two attached hydrogens (primary N) is 1. The number of carbonyl (C=O) groups excluding carboxylic acids is 2. The van der Waals surface area contributed by atoms with Crippen LogP contribution < -0.4 is 36.1 Å². The number of ether oxygens (including phenoxy) is 3. The van der Waals surface area contributed by atoms with Crippen LogP contribution in [0.2, 0.25) is 0 Å². The number of methoxy groups -OCH3 is 3. The molecule has 1 heterocycles. The molecule has 0 fully saturated rings. The van der Waals surface area contributed by atoms with Gasteiger partial charge >= 0.3 is 12.1 Å². The number of amides is 2. The number of aromatic nitrogens is 1. The van der Waals surface area contributed by atoms with Gasteiger partial charge in [-0.05, 0) is 54.1 Å². The lowest BCUT2D eigenvalue weighted by atomic mass is 10.0. The molecule has 42 heavy (non-hydrogen) atoms. The summed E-state index contributed by atoms with van der Waals surface area (Å²) in [5, 5.41) is 17.8. The molecule has 0 bridgehead atoms. The van der Waals surface area contributed by atoms with Crippen molar-refractivity contribution >= 4 is 29.3 Å². The first-order valence-corrected chi connectivity index (χ1v) is 11.6. The van der Waals surface area contributed by atoms with E-state index < -0.39 is 30.0 Å². The third-order valence-electron chi connectivity index (χ3n) is 5.27. The number of nitrogens with one attached hydrogen (secondary N) is 4. The van der Waals surface area contributed by atoms with Gasteiger partial charge in [-0.1, -0.05) is 0 Å². The fourth-order valence-electron chi connectivity index (χ4n) is 3.25. The van der Waals surface area contributed by atoms with Crippen LogP contribution in [0.1, 0.15) is 27.5 Å². The van der Waals surface area contributed by atoms with E-state index in [1.165, 1.54) is 45.9 Å². The number of nitrogens with zero attached hydrogens (tertiary/aromatic N) is 1. The van der Waals surface area contributed by atoms with Crippen LogP contribution in [0.5, 0.6) is 17.2 Å². The molecule has 0 aliphatic carbocycles. The summed E-state index contributed by atoms with van der Waals surface area (Å²) in [6.45, 7) is 0. The van der Waals surface area contributed by atoms with Crippen molar-refractivity contribution in [3.8, 4) is 17.2 Å². The smallest absolute Gasteiger partial charge is 0.490 e. The number of carboxylic acids is 1. The normalized spacial score (nSPS) is 11.1. The molecule has 13 nitrogen and oxygen atoms in total. The zero-order valence-electron chi connectivity index (χ0n) is 22.4. The zero-order valence-corrected chi connectivity index (χ0v) is 22.4. The lowest BCUT2D eigenvalue weighted by Crippen LogP contribution is -2.45. The molecule has 0 saturated carbocycles. The van der Waals surface area contributed by atoms with Crippen LogP contribution in [0.25, 0.3) is 0 Å². The van der Waals surface area contributed by atoms with E-state index >= 15 is 0 Å². The summed E-state index contributed by atoms with van der Waals surface area (Å²) in [5.74, 6) is -2.81.